The van der Waals surface area contributed by atoms with Crippen LogP contribution in [0.2, 0.25) is 13.1 Å². The Bertz CT molecular complexity index is 275. The molecule has 0 saturated heterocycles. The van der Waals surface area contributed by atoms with Gasteiger partial charge in [0.15, 0.2) is 0 Å². The standard InChI is InChI=1S/C11H11.C2H6Si.ClH.Zr/c1-2-6-10(5-1)9-11-7-3-4-8-11;1-3-2;;/h1-11H;1-2H3;1H;/q-1;;;+2/p-1. The number of halogens is 1. The van der Waals surface area contributed by atoms with Crippen molar-refractivity contribution < 1.29 is 35.7 Å². The largest absolute Gasteiger partial charge is 1.00 e. The first-order valence-corrected chi connectivity index (χ1v) is 11.4. The van der Waals surface area contributed by atoms with Gasteiger partial charge in [0.1, 0.15) is 0 Å². The van der Waals surface area contributed by atoms with E-state index in [0.717, 1.165) is 0 Å². The third-order valence-corrected chi connectivity index (χ3v) is 2.00. The van der Waals surface area contributed by atoms with Crippen molar-refractivity contribution >= 4 is 5.43 Å². The number of hydrogen-bond acceptors (Lipinski definition) is 0. The third kappa shape index (κ3) is 7.60. The molecule has 84 valence electrons. The van der Waals surface area contributed by atoms with E-state index in [4.69, 9.17) is 0 Å². The van der Waals surface area contributed by atoms with Gasteiger partial charge in [-0.3, -0.25) is 0 Å². The normalized spacial score (nSPS) is 17.2. The molecule has 3 heteroatoms. The van der Waals surface area contributed by atoms with E-state index in [2.05, 4.69) is 68.1 Å². The molecule has 2 aliphatic rings. The molecule has 0 saturated carbocycles. The first kappa shape index (κ1) is 16.4. The van der Waals surface area contributed by atoms with Crippen LogP contribution in [0.5, 0.6) is 0 Å². The van der Waals surface area contributed by atoms with Gasteiger partial charge in [-0.05, 0) is 0 Å². The van der Waals surface area contributed by atoms with Gasteiger partial charge in [-0.25, -0.2) is 0 Å². The van der Waals surface area contributed by atoms with Crippen LogP contribution in [0.1, 0.15) is 0 Å². The van der Waals surface area contributed by atoms with Crippen LogP contribution in [0.3, 0.4) is 0 Å². The predicted molar refractivity (Wildman–Crippen MR) is 65.3 cm³/mol. The molecule has 0 fully saturated rings. The average Bonchev–Trinajstić information content (AvgIpc) is 2.76. The van der Waals surface area contributed by atoms with Crippen LogP contribution in [-0.2, 0) is 23.3 Å². The number of allylic oxidation sites excluding steroid dienone is 8. The van der Waals surface area contributed by atoms with Gasteiger partial charge in [0.2, 0.25) is 0 Å². The molecule has 0 radical (unpaired) electrons. The first-order chi connectivity index (χ1) is 7.18. The Balaban J connectivity index is 0.000000397. The fraction of sp³-hybridized carbons (Fsp3) is 0.308. The molecule has 0 unspecified atom stereocenters. The summed E-state index contributed by atoms with van der Waals surface area (Å²) in [5.74, 6) is 1.10. The monoisotopic (exact) mass is 326 g/mol. The van der Waals surface area contributed by atoms with Crippen molar-refractivity contribution in [3.63, 3.8) is 0 Å². The van der Waals surface area contributed by atoms with E-state index >= 15 is 0 Å². The first-order valence-electron chi connectivity index (χ1n) is 5.25. The van der Waals surface area contributed by atoms with Crippen molar-refractivity contribution in [2.75, 3.05) is 0 Å². The molecule has 0 aromatic rings. The average molecular weight is 328 g/mol. The van der Waals surface area contributed by atoms with Crippen molar-refractivity contribution in [2.24, 2.45) is 11.8 Å². The summed E-state index contributed by atoms with van der Waals surface area (Å²) in [6, 6.07) is 0. The summed E-state index contributed by atoms with van der Waals surface area (Å²) in [7, 11) is 0. The van der Waals surface area contributed by atoms with Gasteiger partial charge in [0, 0.05) is 0 Å². The van der Waals surface area contributed by atoms with Gasteiger partial charge < -0.3 is 18.8 Å². The van der Waals surface area contributed by atoms with Gasteiger partial charge >= 0.3 is 41.9 Å². The molecule has 2 aliphatic carbocycles. The third-order valence-electron chi connectivity index (χ3n) is 2.00. The minimum absolute atomic E-state index is 0. The zero-order valence-electron chi connectivity index (χ0n) is 9.73. The Morgan fingerprint density at radius 2 is 1.12 bits per heavy atom. The van der Waals surface area contributed by atoms with E-state index in [0.29, 0.717) is 11.8 Å². The summed E-state index contributed by atoms with van der Waals surface area (Å²) in [6.45, 7) is 4.62. The quantitative estimate of drug-likeness (QED) is 0.511. The summed E-state index contributed by atoms with van der Waals surface area (Å²) >= 11 is 1.74. The Labute approximate surface area is 120 Å². The Morgan fingerprint density at radius 3 is 1.38 bits per heavy atom. The van der Waals surface area contributed by atoms with E-state index in [9.17, 15) is 0 Å². The van der Waals surface area contributed by atoms with Crippen LogP contribution in [-0.4, -0.2) is 5.43 Å². The molecule has 0 N–H and O–H groups in total. The second-order valence-electron chi connectivity index (χ2n) is 3.89. The van der Waals surface area contributed by atoms with Crippen LogP contribution in [0.15, 0.2) is 48.6 Å². The molecule has 0 aromatic carbocycles. The molecule has 2 rings (SSSR count). The van der Waals surface area contributed by atoms with Crippen molar-refractivity contribution in [3.05, 3.63) is 55.0 Å². The molecular weight excluding hydrogens is 311 g/mol. The van der Waals surface area contributed by atoms with Crippen LogP contribution in [0.4, 0.5) is 0 Å². The van der Waals surface area contributed by atoms with Crippen LogP contribution in [0.25, 0.3) is 0 Å². The molecule has 16 heavy (non-hydrogen) atoms. The smallest absolute Gasteiger partial charge is 1.00 e. The maximum Gasteiger partial charge on any atom is -1.00 e. The second-order valence-corrected chi connectivity index (χ2v) is 13.3. The van der Waals surface area contributed by atoms with E-state index < -0.39 is 0 Å². The minimum Gasteiger partial charge on any atom is -1.00 e. The zero-order valence-corrected chi connectivity index (χ0v) is 13.9. The number of hydrogen-bond donors (Lipinski definition) is 0. The zero-order chi connectivity index (χ0) is 11.1. The van der Waals surface area contributed by atoms with Crippen LogP contribution in [0, 0.1) is 18.3 Å². The summed E-state index contributed by atoms with van der Waals surface area (Å²) in [6.07, 6.45) is 19.6. The second kappa shape index (κ2) is 9.39. The summed E-state index contributed by atoms with van der Waals surface area (Å²) in [5, 5.41) is 0. The molecule has 0 spiro atoms. The Kier molecular flexibility index (Phi) is 9.59. The van der Waals surface area contributed by atoms with Gasteiger partial charge in [-0.15, -0.1) is 36.1 Å². The summed E-state index contributed by atoms with van der Waals surface area (Å²) < 4.78 is 0. The molecule has 0 aromatic heterocycles. The fourth-order valence-electron chi connectivity index (χ4n) is 1.41. The van der Waals surface area contributed by atoms with Crippen LogP contribution < -0.4 is 12.4 Å². The van der Waals surface area contributed by atoms with Crippen LogP contribution >= 0.6 is 0 Å². The number of rotatable bonds is 2. The van der Waals surface area contributed by atoms with Gasteiger partial charge in [0.25, 0.3) is 0 Å². The van der Waals surface area contributed by atoms with Crippen molar-refractivity contribution in [1.82, 2.24) is 0 Å². The van der Waals surface area contributed by atoms with Gasteiger partial charge in [-0.1, -0.05) is 24.3 Å². The van der Waals surface area contributed by atoms with E-state index in [1.807, 2.05) is 0 Å². The van der Waals surface area contributed by atoms with Gasteiger partial charge in [0.05, 0.1) is 0 Å². The van der Waals surface area contributed by atoms with Crippen molar-refractivity contribution in [2.45, 2.75) is 13.1 Å². The summed E-state index contributed by atoms with van der Waals surface area (Å²) in [5.41, 5.74) is 0.210. The molecule has 0 aliphatic heterocycles. The molecule has 0 amide bonds. The maximum absolute atomic E-state index is 2.33. The molecule has 0 bridgehead atoms. The Hall–Kier alpha value is 0.350. The topological polar surface area (TPSA) is 0 Å². The van der Waals surface area contributed by atoms with E-state index in [-0.39, 0.29) is 17.8 Å². The Morgan fingerprint density at radius 1 is 0.875 bits per heavy atom. The summed E-state index contributed by atoms with van der Waals surface area (Å²) in [4.78, 5) is 0. The SMILES string of the molecule is C1=CC([CH-]C2C=CC=C2)C=C1.C[Si](C)=[Zr+2].[Cl-]. The maximum atomic E-state index is 2.33. The molecule has 0 nitrogen and oxygen atoms in total. The van der Waals surface area contributed by atoms with E-state index in [1.54, 1.807) is 23.3 Å². The molecule has 0 atom stereocenters. The predicted octanol–water partition coefficient (Wildman–Crippen LogP) is 0.463. The minimum atomic E-state index is 0. The molecular formula is C13H17ClSiZr. The van der Waals surface area contributed by atoms with Crippen molar-refractivity contribution in [3.8, 4) is 0 Å². The van der Waals surface area contributed by atoms with Gasteiger partial charge in [-0.2, -0.15) is 0 Å². The van der Waals surface area contributed by atoms with E-state index in [1.165, 1.54) is 0 Å². The van der Waals surface area contributed by atoms with Crippen molar-refractivity contribution in [1.29, 1.82) is 0 Å². The molecule has 0 heterocycles. The fourth-order valence-corrected chi connectivity index (χ4v) is 1.41.